The zero-order valence-corrected chi connectivity index (χ0v) is 10.7. The van der Waals surface area contributed by atoms with Crippen LogP contribution < -0.4 is 11.1 Å². The monoisotopic (exact) mass is 275 g/mol. The lowest BCUT2D eigenvalue weighted by Gasteiger charge is -2.23. The second-order valence-electron chi connectivity index (χ2n) is 4.23. The number of carbonyl (C=O) groups excluding carboxylic acids is 1. The van der Waals surface area contributed by atoms with E-state index in [0.717, 1.165) is 6.07 Å². The summed E-state index contributed by atoms with van der Waals surface area (Å²) in [4.78, 5) is 13.0. The highest BCUT2D eigenvalue weighted by atomic mass is 19.3. The lowest BCUT2D eigenvalue weighted by Crippen LogP contribution is -2.41. The third kappa shape index (κ3) is 4.44. The lowest BCUT2D eigenvalue weighted by molar-refractivity contribution is -0.120. The fourth-order valence-corrected chi connectivity index (χ4v) is 1.44. The maximum atomic E-state index is 12.9. The third-order valence-corrected chi connectivity index (χ3v) is 2.73. The molecule has 1 amide bonds. The van der Waals surface area contributed by atoms with Crippen molar-refractivity contribution in [3.05, 3.63) is 24.0 Å². The number of likely N-dealkylation sites (N-methyl/N-ethyl adjacent to an activating group) is 1. The van der Waals surface area contributed by atoms with Gasteiger partial charge < -0.3 is 11.1 Å². The van der Waals surface area contributed by atoms with Gasteiger partial charge >= 0.3 is 0 Å². The first-order valence-corrected chi connectivity index (χ1v) is 5.65. The summed E-state index contributed by atoms with van der Waals surface area (Å²) in [7, 11) is 1.43. The van der Waals surface area contributed by atoms with Crippen molar-refractivity contribution >= 4 is 17.3 Å². The van der Waals surface area contributed by atoms with Crippen molar-refractivity contribution in [3.63, 3.8) is 0 Å². The van der Waals surface area contributed by atoms with Gasteiger partial charge in [-0.3, -0.25) is 9.69 Å². The van der Waals surface area contributed by atoms with Crippen LogP contribution in [0.1, 0.15) is 6.92 Å². The van der Waals surface area contributed by atoms with E-state index < -0.39 is 30.7 Å². The SMILES string of the molecule is CC(C(=O)Nc1ccc(F)c(N)c1)N(C)CC(F)F. The highest BCUT2D eigenvalue weighted by molar-refractivity contribution is 5.94. The largest absolute Gasteiger partial charge is 0.396 e. The number of hydrogen-bond acceptors (Lipinski definition) is 3. The van der Waals surface area contributed by atoms with Gasteiger partial charge in [0.25, 0.3) is 6.43 Å². The summed E-state index contributed by atoms with van der Waals surface area (Å²) in [5.41, 5.74) is 5.59. The van der Waals surface area contributed by atoms with Gasteiger partial charge in [0.05, 0.1) is 18.3 Å². The number of nitrogens with one attached hydrogen (secondary N) is 1. The van der Waals surface area contributed by atoms with Gasteiger partial charge in [0.1, 0.15) is 5.82 Å². The Morgan fingerprint density at radius 2 is 2.11 bits per heavy atom. The van der Waals surface area contributed by atoms with E-state index in [4.69, 9.17) is 5.73 Å². The van der Waals surface area contributed by atoms with Crippen molar-refractivity contribution in [1.29, 1.82) is 0 Å². The Morgan fingerprint density at radius 3 is 2.63 bits per heavy atom. The van der Waals surface area contributed by atoms with Gasteiger partial charge in [0, 0.05) is 5.69 Å². The lowest BCUT2D eigenvalue weighted by atomic mass is 10.2. The fraction of sp³-hybridized carbons (Fsp3) is 0.417. The fourth-order valence-electron chi connectivity index (χ4n) is 1.44. The van der Waals surface area contributed by atoms with Crippen molar-refractivity contribution in [2.45, 2.75) is 19.4 Å². The van der Waals surface area contributed by atoms with Crippen molar-refractivity contribution in [2.24, 2.45) is 0 Å². The van der Waals surface area contributed by atoms with Crippen LogP contribution in [0.4, 0.5) is 24.5 Å². The molecule has 0 aliphatic rings. The summed E-state index contributed by atoms with van der Waals surface area (Å²) in [5, 5.41) is 2.49. The molecule has 0 saturated carbocycles. The molecule has 0 aliphatic carbocycles. The Morgan fingerprint density at radius 1 is 1.47 bits per heavy atom. The number of hydrogen-bond donors (Lipinski definition) is 2. The molecule has 1 rings (SSSR count). The van der Waals surface area contributed by atoms with E-state index in [1.54, 1.807) is 0 Å². The number of rotatable bonds is 5. The molecule has 0 heterocycles. The molecule has 1 aromatic rings. The van der Waals surface area contributed by atoms with Crippen LogP contribution in [0.3, 0.4) is 0 Å². The van der Waals surface area contributed by atoms with Crippen molar-refractivity contribution < 1.29 is 18.0 Å². The number of nitrogen functional groups attached to an aromatic ring is 1. The predicted molar refractivity (Wildman–Crippen MR) is 67.5 cm³/mol. The highest BCUT2D eigenvalue weighted by Gasteiger charge is 2.20. The number of halogens is 3. The van der Waals surface area contributed by atoms with Crippen molar-refractivity contribution in [1.82, 2.24) is 4.90 Å². The second-order valence-corrected chi connectivity index (χ2v) is 4.23. The molecule has 19 heavy (non-hydrogen) atoms. The summed E-state index contributed by atoms with van der Waals surface area (Å²) in [5.74, 6) is -1.05. The molecule has 0 radical (unpaired) electrons. The van der Waals surface area contributed by atoms with Crippen LogP contribution in [0, 0.1) is 5.82 Å². The first-order valence-electron chi connectivity index (χ1n) is 5.65. The molecule has 4 nitrogen and oxygen atoms in total. The number of nitrogens with two attached hydrogens (primary N) is 1. The van der Waals surface area contributed by atoms with E-state index in [1.807, 2.05) is 0 Å². The van der Waals surface area contributed by atoms with Gasteiger partial charge in [-0.1, -0.05) is 0 Å². The van der Waals surface area contributed by atoms with E-state index in [2.05, 4.69) is 5.32 Å². The van der Waals surface area contributed by atoms with Crippen LogP contribution in [0.15, 0.2) is 18.2 Å². The molecule has 1 atom stereocenters. The summed E-state index contributed by atoms with van der Waals surface area (Å²) in [6.45, 7) is 1.00. The van der Waals surface area contributed by atoms with Crippen LogP contribution in [0.5, 0.6) is 0 Å². The van der Waals surface area contributed by atoms with E-state index in [-0.39, 0.29) is 5.69 Å². The van der Waals surface area contributed by atoms with E-state index in [1.165, 1.54) is 31.0 Å². The average Bonchev–Trinajstić information content (AvgIpc) is 2.32. The summed E-state index contributed by atoms with van der Waals surface area (Å²) in [6, 6.07) is 3.01. The zero-order valence-electron chi connectivity index (χ0n) is 10.7. The minimum atomic E-state index is -2.51. The number of carbonyl (C=O) groups is 1. The molecule has 0 bridgehead atoms. The maximum absolute atomic E-state index is 12.9. The zero-order chi connectivity index (χ0) is 14.6. The van der Waals surface area contributed by atoms with Gasteiger partial charge in [0.2, 0.25) is 5.91 Å². The Labute approximate surface area is 109 Å². The molecule has 0 saturated heterocycles. The molecule has 0 aliphatic heterocycles. The molecule has 7 heteroatoms. The Balaban J connectivity index is 2.65. The molecular formula is C12H16F3N3O. The number of amides is 1. The maximum Gasteiger partial charge on any atom is 0.251 e. The number of alkyl halides is 2. The van der Waals surface area contributed by atoms with Crippen LogP contribution in [0.25, 0.3) is 0 Å². The molecule has 0 spiro atoms. The van der Waals surface area contributed by atoms with Gasteiger partial charge in [-0.2, -0.15) is 0 Å². The van der Waals surface area contributed by atoms with E-state index in [9.17, 15) is 18.0 Å². The minimum absolute atomic E-state index is 0.0913. The van der Waals surface area contributed by atoms with Crippen LogP contribution in [-0.4, -0.2) is 36.9 Å². The minimum Gasteiger partial charge on any atom is -0.396 e. The molecule has 1 aromatic carbocycles. The molecule has 0 aromatic heterocycles. The van der Waals surface area contributed by atoms with Gasteiger partial charge in [-0.15, -0.1) is 0 Å². The Hall–Kier alpha value is -1.76. The van der Waals surface area contributed by atoms with Gasteiger partial charge in [-0.05, 0) is 32.2 Å². The molecule has 3 N–H and O–H groups in total. The Bertz CT molecular complexity index is 454. The van der Waals surface area contributed by atoms with Gasteiger partial charge in [-0.25, -0.2) is 13.2 Å². The second kappa shape index (κ2) is 6.42. The van der Waals surface area contributed by atoms with Crippen molar-refractivity contribution in [2.75, 3.05) is 24.6 Å². The quantitative estimate of drug-likeness (QED) is 0.807. The summed E-state index contributed by atoms with van der Waals surface area (Å²) < 4.78 is 37.3. The molecular weight excluding hydrogens is 259 g/mol. The normalized spacial score (nSPS) is 12.8. The topological polar surface area (TPSA) is 58.4 Å². The standard InChI is InChI=1S/C12H16F3N3O/c1-7(18(2)6-11(14)15)12(19)17-8-3-4-9(13)10(16)5-8/h3-5,7,11H,6,16H2,1-2H3,(H,17,19). The molecule has 0 fully saturated rings. The van der Waals surface area contributed by atoms with Crippen LogP contribution >= 0.6 is 0 Å². The van der Waals surface area contributed by atoms with Crippen LogP contribution in [-0.2, 0) is 4.79 Å². The van der Waals surface area contributed by atoms with Crippen molar-refractivity contribution in [3.8, 4) is 0 Å². The number of nitrogens with zero attached hydrogens (tertiary/aromatic N) is 1. The first-order chi connectivity index (χ1) is 8.81. The third-order valence-electron chi connectivity index (χ3n) is 2.73. The Kier molecular flexibility index (Phi) is 5.17. The van der Waals surface area contributed by atoms with Gasteiger partial charge in [0.15, 0.2) is 0 Å². The number of anilines is 2. The summed E-state index contributed by atoms with van der Waals surface area (Å²) >= 11 is 0. The van der Waals surface area contributed by atoms with Crippen LogP contribution in [0.2, 0.25) is 0 Å². The smallest absolute Gasteiger partial charge is 0.251 e. The predicted octanol–water partition coefficient (Wildman–Crippen LogP) is 1.93. The highest BCUT2D eigenvalue weighted by Crippen LogP contribution is 2.16. The van der Waals surface area contributed by atoms with E-state index in [0.29, 0.717) is 5.69 Å². The average molecular weight is 275 g/mol. The van der Waals surface area contributed by atoms with E-state index >= 15 is 0 Å². The first kappa shape index (κ1) is 15.3. The summed E-state index contributed by atoms with van der Waals surface area (Å²) in [6.07, 6.45) is -2.51. The molecule has 1 unspecified atom stereocenters. The number of benzene rings is 1. The molecule has 106 valence electrons.